The molecule has 0 saturated heterocycles. The maximum atomic E-state index is 2.28. The van der Waals surface area contributed by atoms with Gasteiger partial charge in [0.2, 0.25) is 0 Å². The van der Waals surface area contributed by atoms with Gasteiger partial charge in [-0.3, -0.25) is 0 Å². The first kappa shape index (κ1) is 5.61. The Balaban J connectivity index is 2.30. The minimum absolute atomic E-state index is 0.819. The molecule has 1 aliphatic rings. The van der Waals surface area contributed by atoms with Crippen molar-refractivity contribution in [3.8, 4) is 0 Å². The zero-order chi connectivity index (χ0) is 5.82. The average molecular weight is 108 g/mol. The highest BCUT2D eigenvalue weighted by Crippen LogP contribution is 2.18. The van der Waals surface area contributed by atoms with Crippen molar-refractivity contribution in [2.75, 3.05) is 0 Å². The van der Waals surface area contributed by atoms with Crippen molar-refractivity contribution in [3.05, 3.63) is 24.3 Å². The van der Waals surface area contributed by atoms with E-state index in [1.807, 2.05) is 0 Å². The molecule has 0 saturated carbocycles. The summed E-state index contributed by atoms with van der Waals surface area (Å²) in [5, 5.41) is 0. The SMILES string of the molecule is C/C=C/C1CC=CC1. The first-order valence-corrected chi connectivity index (χ1v) is 3.21. The summed E-state index contributed by atoms with van der Waals surface area (Å²) in [6.45, 7) is 2.08. The van der Waals surface area contributed by atoms with Crippen LogP contribution in [0.5, 0.6) is 0 Å². The van der Waals surface area contributed by atoms with Crippen LogP contribution in [0.4, 0.5) is 0 Å². The molecule has 0 N–H and O–H groups in total. The molecule has 0 amide bonds. The number of rotatable bonds is 1. The lowest BCUT2D eigenvalue weighted by molar-refractivity contribution is 0.715. The maximum absolute atomic E-state index is 2.28. The second kappa shape index (κ2) is 2.71. The molecule has 0 bridgehead atoms. The van der Waals surface area contributed by atoms with Crippen LogP contribution in [-0.4, -0.2) is 0 Å². The number of hydrogen-bond acceptors (Lipinski definition) is 0. The Kier molecular flexibility index (Phi) is 1.90. The summed E-state index contributed by atoms with van der Waals surface area (Å²) in [6.07, 6.45) is 11.4. The van der Waals surface area contributed by atoms with Crippen LogP contribution >= 0.6 is 0 Å². The van der Waals surface area contributed by atoms with Crippen LogP contribution in [0.2, 0.25) is 0 Å². The summed E-state index contributed by atoms with van der Waals surface area (Å²) in [5.41, 5.74) is 0. The number of allylic oxidation sites excluding steroid dienone is 4. The van der Waals surface area contributed by atoms with Gasteiger partial charge in [0.1, 0.15) is 0 Å². The number of hydrogen-bond donors (Lipinski definition) is 0. The van der Waals surface area contributed by atoms with Crippen molar-refractivity contribution in [2.24, 2.45) is 5.92 Å². The second-order valence-electron chi connectivity index (χ2n) is 2.23. The van der Waals surface area contributed by atoms with Crippen LogP contribution in [0.15, 0.2) is 24.3 Å². The van der Waals surface area contributed by atoms with Gasteiger partial charge in [0, 0.05) is 0 Å². The van der Waals surface area contributed by atoms with E-state index in [-0.39, 0.29) is 0 Å². The van der Waals surface area contributed by atoms with Gasteiger partial charge < -0.3 is 0 Å². The molecule has 8 heavy (non-hydrogen) atoms. The van der Waals surface area contributed by atoms with E-state index in [1.54, 1.807) is 0 Å². The van der Waals surface area contributed by atoms with Gasteiger partial charge in [0.25, 0.3) is 0 Å². The van der Waals surface area contributed by atoms with Crippen molar-refractivity contribution < 1.29 is 0 Å². The Morgan fingerprint density at radius 2 is 2.00 bits per heavy atom. The van der Waals surface area contributed by atoms with Gasteiger partial charge in [-0.1, -0.05) is 24.3 Å². The van der Waals surface area contributed by atoms with E-state index in [9.17, 15) is 0 Å². The summed E-state index contributed by atoms with van der Waals surface area (Å²) in [4.78, 5) is 0. The highest BCUT2D eigenvalue weighted by Gasteiger charge is 2.03. The third-order valence-electron chi connectivity index (χ3n) is 1.51. The molecule has 0 nitrogen and oxygen atoms in total. The first-order valence-electron chi connectivity index (χ1n) is 3.21. The Hall–Kier alpha value is -0.520. The molecular weight excluding hydrogens is 96.1 g/mol. The van der Waals surface area contributed by atoms with Crippen molar-refractivity contribution in [2.45, 2.75) is 19.8 Å². The Bertz CT molecular complexity index is 101. The molecule has 1 rings (SSSR count). The highest BCUT2D eigenvalue weighted by atomic mass is 14.1. The zero-order valence-electron chi connectivity index (χ0n) is 5.30. The summed E-state index contributed by atoms with van der Waals surface area (Å²) < 4.78 is 0. The fraction of sp³-hybridized carbons (Fsp3) is 0.500. The van der Waals surface area contributed by atoms with Gasteiger partial charge in [0.15, 0.2) is 0 Å². The van der Waals surface area contributed by atoms with Crippen molar-refractivity contribution in [1.29, 1.82) is 0 Å². The minimum atomic E-state index is 0.819. The first-order chi connectivity index (χ1) is 3.93. The fourth-order valence-electron chi connectivity index (χ4n) is 1.07. The third kappa shape index (κ3) is 1.22. The molecule has 0 aliphatic heterocycles. The molecule has 0 unspecified atom stereocenters. The van der Waals surface area contributed by atoms with E-state index in [4.69, 9.17) is 0 Å². The van der Waals surface area contributed by atoms with E-state index in [0.29, 0.717) is 0 Å². The Labute approximate surface area is 50.9 Å². The van der Waals surface area contributed by atoms with Crippen molar-refractivity contribution >= 4 is 0 Å². The molecule has 1 aliphatic carbocycles. The van der Waals surface area contributed by atoms with Gasteiger partial charge in [-0.2, -0.15) is 0 Å². The zero-order valence-corrected chi connectivity index (χ0v) is 5.30. The summed E-state index contributed by atoms with van der Waals surface area (Å²) in [7, 11) is 0. The molecular formula is C8H12. The molecule has 0 aromatic carbocycles. The largest absolute Gasteiger partial charge is 0.0914 e. The lowest BCUT2D eigenvalue weighted by Crippen LogP contribution is -1.84. The summed E-state index contributed by atoms with van der Waals surface area (Å²) in [6, 6.07) is 0. The molecule has 0 aromatic rings. The topological polar surface area (TPSA) is 0 Å². The van der Waals surface area contributed by atoms with Crippen LogP contribution < -0.4 is 0 Å². The Morgan fingerprint density at radius 3 is 2.50 bits per heavy atom. The standard InChI is InChI=1S/C8H12/c1-2-5-8-6-3-4-7-8/h2-5,8H,6-7H2,1H3/b5-2+. The molecule has 0 atom stereocenters. The van der Waals surface area contributed by atoms with Gasteiger partial charge >= 0.3 is 0 Å². The maximum Gasteiger partial charge on any atom is -0.0164 e. The van der Waals surface area contributed by atoms with Gasteiger partial charge in [-0.25, -0.2) is 0 Å². The lowest BCUT2D eigenvalue weighted by atomic mass is 10.1. The van der Waals surface area contributed by atoms with Crippen LogP contribution in [0, 0.1) is 5.92 Å². The van der Waals surface area contributed by atoms with Crippen molar-refractivity contribution in [3.63, 3.8) is 0 Å². The molecule has 0 radical (unpaired) electrons. The fourth-order valence-corrected chi connectivity index (χ4v) is 1.07. The van der Waals surface area contributed by atoms with E-state index in [0.717, 1.165) is 5.92 Å². The molecule has 0 heterocycles. The van der Waals surface area contributed by atoms with Gasteiger partial charge in [0.05, 0.1) is 0 Å². The van der Waals surface area contributed by atoms with Gasteiger partial charge in [-0.05, 0) is 25.7 Å². The van der Waals surface area contributed by atoms with E-state index in [1.165, 1.54) is 12.8 Å². The molecule has 44 valence electrons. The monoisotopic (exact) mass is 108 g/mol. The predicted octanol–water partition coefficient (Wildman–Crippen LogP) is 2.53. The summed E-state index contributed by atoms with van der Waals surface area (Å²) >= 11 is 0. The molecule has 0 fully saturated rings. The quantitative estimate of drug-likeness (QED) is 0.453. The molecule has 0 heteroatoms. The van der Waals surface area contributed by atoms with E-state index < -0.39 is 0 Å². The molecule has 0 aromatic heterocycles. The highest BCUT2D eigenvalue weighted by molar-refractivity contribution is 5.01. The van der Waals surface area contributed by atoms with Crippen LogP contribution in [0.25, 0.3) is 0 Å². The minimum Gasteiger partial charge on any atom is -0.0914 e. The predicted molar refractivity (Wildman–Crippen MR) is 36.7 cm³/mol. The Morgan fingerprint density at radius 1 is 1.38 bits per heavy atom. The van der Waals surface area contributed by atoms with E-state index in [2.05, 4.69) is 31.2 Å². The van der Waals surface area contributed by atoms with Crippen LogP contribution in [0.1, 0.15) is 19.8 Å². The van der Waals surface area contributed by atoms with E-state index >= 15 is 0 Å². The molecule has 0 spiro atoms. The van der Waals surface area contributed by atoms with Gasteiger partial charge in [-0.15, -0.1) is 0 Å². The second-order valence-corrected chi connectivity index (χ2v) is 2.23. The van der Waals surface area contributed by atoms with Crippen LogP contribution in [-0.2, 0) is 0 Å². The normalized spacial score (nSPS) is 21.1. The third-order valence-corrected chi connectivity index (χ3v) is 1.51. The summed E-state index contributed by atoms with van der Waals surface area (Å²) in [5.74, 6) is 0.819. The average Bonchev–Trinajstić information content (AvgIpc) is 2.19. The van der Waals surface area contributed by atoms with Crippen LogP contribution in [0.3, 0.4) is 0 Å². The lowest BCUT2D eigenvalue weighted by Gasteiger charge is -1.97. The van der Waals surface area contributed by atoms with Crippen molar-refractivity contribution in [1.82, 2.24) is 0 Å². The smallest absolute Gasteiger partial charge is 0.0164 e.